The number of nitrogens with zero attached hydrogens (tertiary/aromatic N) is 3. The number of imide groups is 2. The number of carbonyl (C=O) groups is 3. The lowest BCUT2D eigenvalue weighted by Gasteiger charge is -2.26. The highest BCUT2D eigenvalue weighted by Gasteiger charge is 2.37. The molecule has 2 heterocycles. The highest BCUT2D eigenvalue weighted by atomic mass is 16.2. The van der Waals surface area contributed by atoms with Crippen LogP contribution in [0.2, 0.25) is 0 Å². The van der Waals surface area contributed by atoms with Gasteiger partial charge in [0.1, 0.15) is 5.57 Å². The minimum Gasteiger partial charge on any atom is -0.340 e. The zero-order valence-corrected chi connectivity index (χ0v) is 19.8. The molecule has 0 spiro atoms. The number of nitrogens with one attached hydrogen (secondary N) is 1. The van der Waals surface area contributed by atoms with Crippen LogP contribution in [0.15, 0.2) is 78.4 Å². The van der Waals surface area contributed by atoms with Crippen LogP contribution in [0.4, 0.5) is 10.5 Å². The summed E-state index contributed by atoms with van der Waals surface area (Å²) in [6, 6.07) is 23.5. The third kappa shape index (κ3) is 3.85. The van der Waals surface area contributed by atoms with E-state index in [1.807, 2.05) is 56.3 Å². The van der Waals surface area contributed by atoms with Crippen LogP contribution in [0.1, 0.15) is 27.9 Å². The molecule has 1 N–H and O–H groups in total. The summed E-state index contributed by atoms with van der Waals surface area (Å²) in [6.45, 7) is 4.27. The molecule has 0 bridgehead atoms. The van der Waals surface area contributed by atoms with E-state index in [0.717, 1.165) is 32.6 Å². The number of amides is 4. The third-order valence-electron chi connectivity index (χ3n) is 6.43. The number of rotatable bonds is 4. The lowest BCUT2D eigenvalue weighted by atomic mass is 10.0. The molecule has 1 fully saturated rings. The molecule has 36 heavy (non-hydrogen) atoms. The minimum atomic E-state index is -0.779. The third-order valence-corrected chi connectivity index (χ3v) is 6.43. The predicted octanol–water partition coefficient (Wildman–Crippen LogP) is 4.84. The van der Waals surface area contributed by atoms with Crippen LogP contribution >= 0.6 is 0 Å². The lowest BCUT2D eigenvalue weighted by molar-refractivity contribution is -0.122. The van der Waals surface area contributed by atoms with Gasteiger partial charge in [0.2, 0.25) is 0 Å². The Bertz CT molecular complexity index is 1620. The molecule has 1 aliphatic heterocycles. The Morgan fingerprint density at radius 1 is 0.917 bits per heavy atom. The molecule has 1 aliphatic rings. The number of fused-ring (bicyclic) bond motifs is 1. The number of carbonyl (C=O) groups excluding carboxylic acids is 3. The highest BCUT2D eigenvalue weighted by molar-refractivity contribution is 6.39. The maximum absolute atomic E-state index is 13.4. The second-order valence-corrected chi connectivity index (χ2v) is 8.66. The van der Waals surface area contributed by atoms with Crippen molar-refractivity contribution in [2.45, 2.75) is 20.4 Å². The maximum Gasteiger partial charge on any atom is 0.335 e. The van der Waals surface area contributed by atoms with Crippen LogP contribution < -0.4 is 10.2 Å². The average molecular weight is 475 g/mol. The van der Waals surface area contributed by atoms with Crippen molar-refractivity contribution in [2.75, 3.05) is 4.90 Å². The number of hydrogen-bond acceptors (Lipinski definition) is 4. The summed E-state index contributed by atoms with van der Waals surface area (Å²) >= 11 is 0. The van der Waals surface area contributed by atoms with Gasteiger partial charge in [-0.15, -0.1) is 0 Å². The second kappa shape index (κ2) is 9.01. The number of nitriles is 1. The number of benzene rings is 3. The fraction of sp³-hybridized carbons (Fsp3) is 0.103. The Morgan fingerprint density at radius 2 is 1.61 bits per heavy atom. The maximum atomic E-state index is 13.4. The SMILES string of the molecule is Cc1ccc(N2C(=O)NC(=O)/C(=C\c3c(C)n(Cc4ccccc4C#N)c4ccccc34)C2=O)cc1. The summed E-state index contributed by atoms with van der Waals surface area (Å²) in [5, 5.41) is 12.7. The van der Waals surface area contributed by atoms with E-state index in [9.17, 15) is 19.6 Å². The number of barbiturate groups is 1. The van der Waals surface area contributed by atoms with E-state index in [2.05, 4.69) is 16.0 Å². The summed E-state index contributed by atoms with van der Waals surface area (Å²) < 4.78 is 2.06. The molecule has 1 aromatic heterocycles. The molecule has 5 rings (SSSR count). The summed E-state index contributed by atoms with van der Waals surface area (Å²) in [7, 11) is 0. The van der Waals surface area contributed by atoms with Gasteiger partial charge in [0.25, 0.3) is 11.8 Å². The fourth-order valence-electron chi connectivity index (χ4n) is 4.51. The number of urea groups is 1. The Morgan fingerprint density at radius 3 is 2.36 bits per heavy atom. The Kier molecular flexibility index (Phi) is 5.71. The molecule has 7 nitrogen and oxygen atoms in total. The Balaban J connectivity index is 1.62. The Labute approximate surface area is 207 Å². The number of anilines is 1. The zero-order chi connectivity index (χ0) is 25.4. The molecular formula is C29H22N4O3. The van der Waals surface area contributed by atoms with Crippen LogP contribution in [0.25, 0.3) is 17.0 Å². The van der Waals surface area contributed by atoms with Gasteiger partial charge in [0, 0.05) is 28.7 Å². The van der Waals surface area contributed by atoms with Crippen molar-refractivity contribution in [1.29, 1.82) is 5.26 Å². The molecule has 0 unspecified atom stereocenters. The van der Waals surface area contributed by atoms with Gasteiger partial charge in [-0.2, -0.15) is 5.26 Å². The van der Waals surface area contributed by atoms with E-state index in [-0.39, 0.29) is 5.57 Å². The summed E-state index contributed by atoms with van der Waals surface area (Å²) in [6.07, 6.45) is 1.55. The fourth-order valence-corrected chi connectivity index (χ4v) is 4.51. The molecule has 0 radical (unpaired) electrons. The van der Waals surface area contributed by atoms with Crippen molar-refractivity contribution in [1.82, 2.24) is 9.88 Å². The van der Waals surface area contributed by atoms with Gasteiger partial charge in [-0.3, -0.25) is 14.9 Å². The van der Waals surface area contributed by atoms with E-state index in [1.165, 1.54) is 0 Å². The first-order valence-electron chi connectivity index (χ1n) is 11.4. The largest absolute Gasteiger partial charge is 0.340 e. The lowest BCUT2D eigenvalue weighted by Crippen LogP contribution is -2.54. The molecule has 4 aromatic rings. The Hall–Kier alpha value is -4.96. The average Bonchev–Trinajstić information content (AvgIpc) is 3.13. The second-order valence-electron chi connectivity index (χ2n) is 8.66. The summed E-state index contributed by atoms with van der Waals surface area (Å²) in [5.74, 6) is -1.42. The van der Waals surface area contributed by atoms with E-state index in [1.54, 1.807) is 36.4 Å². The van der Waals surface area contributed by atoms with E-state index in [4.69, 9.17) is 0 Å². The minimum absolute atomic E-state index is 0.126. The molecule has 3 aromatic carbocycles. The number of aryl methyl sites for hydroxylation is 1. The van der Waals surface area contributed by atoms with Gasteiger partial charge in [0.05, 0.1) is 17.3 Å². The van der Waals surface area contributed by atoms with Crippen molar-refractivity contribution < 1.29 is 14.4 Å². The predicted molar refractivity (Wildman–Crippen MR) is 137 cm³/mol. The van der Waals surface area contributed by atoms with Gasteiger partial charge < -0.3 is 4.57 Å². The summed E-state index contributed by atoms with van der Waals surface area (Å²) in [5.41, 5.74) is 5.14. The van der Waals surface area contributed by atoms with Gasteiger partial charge in [-0.1, -0.05) is 54.1 Å². The van der Waals surface area contributed by atoms with E-state index >= 15 is 0 Å². The van der Waals surface area contributed by atoms with Gasteiger partial charge in [0.15, 0.2) is 0 Å². The molecule has 0 aliphatic carbocycles. The van der Waals surface area contributed by atoms with Gasteiger partial charge in [-0.25, -0.2) is 9.69 Å². The summed E-state index contributed by atoms with van der Waals surface area (Å²) in [4.78, 5) is 39.7. The van der Waals surface area contributed by atoms with Gasteiger partial charge >= 0.3 is 6.03 Å². The van der Waals surface area contributed by atoms with Crippen LogP contribution in [-0.2, 0) is 16.1 Å². The molecule has 4 amide bonds. The monoisotopic (exact) mass is 474 g/mol. The van der Waals surface area contributed by atoms with Crippen molar-refractivity contribution in [2.24, 2.45) is 0 Å². The molecular weight excluding hydrogens is 452 g/mol. The first kappa shape index (κ1) is 22.8. The van der Waals surface area contributed by atoms with Crippen LogP contribution in [0.3, 0.4) is 0 Å². The molecule has 7 heteroatoms. The standard InChI is InChI=1S/C29H22N4O3/c1-18-11-13-22(14-12-18)33-28(35)25(27(34)31-29(33)36)15-24-19(2)32(26-10-6-5-9-23(24)26)17-21-8-4-3-7-20(21)16-30/h3-15H,17H2,1-2H3,(H,31,34,36)/b25-15+. The smallest absolute Gasteiger partial charge is 0.335 e. The van der Waals surface area contributed by atoms with Crippen LogP contribution in [-0.4, -0.2) is 22.4 Å². The first-order chi connectivity index (χ1) is 17.4. The molecule has 1 saturated heterocycles. The number of hydrogen-bond donors (Lipinski definition) is 1. The molecule has 0 saturated carbocycles. The van der Waals surface area contributed by atoms with Crippen LogP contribution in [0.5, 0.6) is 0 Å². The van der Waals surface area contributed by atoms with Crippen molar-refractivity contribution in [3.63, 3.8) is 0 Å². The first-order valence-corrected chi connectivity index (χ1v) is 11.4. The number of aromatic nitrogens is 1. The zero-order valence-electron chi connectivity index (χ0n) is 19.8. The van der Waals surface area contributed by atoms with Crippen molar-refractivity contribution in [3.8, 4) is 6.07 Å². The normalized spacial score (nSPS) is 14.9. The quantitative estimate of drug-likeness (QED) is 0.338. The molecule has 0 atom stereocenters. The van der Waals surface area contributed by atoms with Crippen LogP contribution in [0, 0.1) is 25.2 Å². The highest BCUT2D eigenvalue weighted by Crippen LogP contribution is 2.31. The van der Waals surface area contributed by atoms with E-state index < -0.39 is 17.8 Å². The van der Waals surface area contributed by atoms with Crippen molar-refractivity contribution in [3.05, 3.63) is 106 Å². The van der Waals surface area contributed by atoms with Crippen molar-refractivity contribution >= 4 is 40.5 Å². The topological polar surface area (TPSA) is 95.2 Å². The van der Waals surface area contributed by atoms with Gasteiger partial charge in [-0.05, 0) is 49.8 Å². The molecule has 176 valence electrons. The number of para-hydroxylation sites is 1. The van der Waals surface area contributed by atoms with E-state index in [0.29, 0.717) is 23.4 Å².